The van der Waals surface area contributed by atoms with Crippen LogP contribution in [0.15, 0.2) is 18.2 Å². The van der Waals surface area contributed by atoms with Crippen molar-refractivity contribution in [2.45, 2.75) is 44.2 Å². The second-order valence-electron chi connectivity index (χ2n) is 7.86. The molecule has 1 aliphatic heterocycles. The second kappa shape index (κ2) is 8.51. The van der Waals surface area contributed by atoms with E-state index in [0.29, 0.717) is 12.0 Å². The summed E-state index contributed by atoms with van der Waals surface area (Å²) in [5.41, 5.74) is 4.82. The Bertz CT molecular complexity index is 724. The number of likely N-dealkylation sites (tertiary alicyclic amines) is 1. The number of hydrogen-bond acceptors (Lipinski definition) is 3. The zero-order valence-electron chi connectivity index (χ0n) is 16.5. The van der Waals surface area contributed by atoms with E-state index in [1.54, 1.807) is 11.1 Å². The van der Waals surface area contributed by atoms with Gasteiger partial charge in [-0.25, -0.2) is 4.79 Å². The van der Waals surface area contributed by atoms with Gasteiger partial charge >= 0.3 is 12.1 Å². The average Bonchev–Trinajstić information content (AvgIpc) is 2.92. The van der Waals surface area contributed by atoms with Gasteiger partial charge in [0, 0.05) is 13.1 Å². The summed E-state index contributed by atoms with van der Waals surface area (Å²) in [6, 6.07) is 6.94. The molecule has 0 bridgehead atoms. The number of amides is 1. The molecule has 1 amide bonds. The van der Waals surface area contributed by atoms with Crippen molar-refractivity contribution < 1.29 is 27.9 Å². The molecule has 0 atom stereocenters. The van der Waals surface area contributed by atoms with Crippen LogP contribution in [-0.4, -0.2) is 66.7 Å². The highest BCUT2D eigenvalue weighted by Gasteiger charge is 2.41. The minimum absolute atomic E-state index is 0.275. The van der Waals surface area contributed by atoms with Crippen LogP contribution in [0, 0.1) is 6.92 Å². The van der Waals surface area contributed by atoms with E-state index in [1.807, 2.05) is 19.0 Å². The molecule has 1 fully saturated rings. The van der Waals surface area contributed by atoms with Gasteiger partial charge in [-0.05, 0) is 63.2 Å². The minimum atomic E-state index is -5.08. The molecule has 3 rings (SSSR count). The maximum atomic E-state index is 12.2. The SMILES string of the molecule is Cc1ccc2c(c1)CCC21CCN(C(=O)CN(C)C)CC1.O=C(O)C(F)(F)F. The van der Waals surface area contributed by atoms with Gasteiger partial charge in [0.1, 0.15) is 0 Å². The molecule has 0 aromatic heterocycles. The standard InChI is InChI=1S/C18H26N2O.C2HF3O2/c1-14-4-5-16-15(12-14)6-7-18(16)8-10-20(11-9-18)17(21)13-19(2)3;3-2(4,5)1(6)7/h4-5,12H,6-11,13H2,1-3H3;(H,6,7). The Kier molecular flexibility index (Phi) is 6.75. The topological polar surface area (TPSA) is 60.9 Å². The number of fused-ring (bicyclic) bond motifs is 2. The molecule has 1 aromatic rings. The summed E-state index contributed by atoms with van der Waals surface area (Å²) < 4.78 is 31.7. The summed E-state index contributed by atoms with van der Waals surface area (Å²) in [6.45, 7) is 4.54. The molecular weight excluding hydrogens is 373 g/mol. The molecule has 1 aromatic carbocycles. The van der Waals surface area contributed by atoms with Crippen LogP contribution in [0.2, 0.25) is 0 Å². The largest absolute Gasteiger partial charge is 0.490 e. The third-order valence-electron chi connectivity index (χ3n) is 5.47. The molecule has 0 radical (unpaired) electrons. The Morgan fingerprint density at radius 1 is 1.18 bits per heavy atom. The van der Waals surface area contributed by atoms with Crippen molar-refractivity contribution in [2.75, 3.05) is 33.7 Å². The van der Waals surface area contributed by atoms with Crippen molar-refractivity contribution in [3.8, 4) is 0 Å². The fourth-order valence-corrected chi connectivity index (χ4v) is 4.03. The fraction of sp³-hybridized carbons (Fsp3) is 0.600. The van der Waals surface area contributed by atoms with E-state index < -0.39 is 12.1 Å². The first-order chi connectivity index (χ1) is 12.9. The number of piperidine rings is 1. The second-order valence-corrected chi connectivity index (χ2v) is 7.86. The highest BCUT2D eigenvalue weighted by Crippen LogP contribution is 2.46. The first-order valence-electron chi connectivity index (χ1n) is 9.27. The third kappa shape index (κ3) is 5.25. The lowest BCUT2D eigenvalue weighted by Gasteiger charge is -2.40. The highest BCUT2D eigenvalue weighted by atomic mass is 19.4. The first kappa shape index (κ1) is 22.2. The molecule has 1 heterocycles. The fourth-order valence-electron chi connectivity index (χ4n) is 4.03. The molecule has 2 aliphatic rings. The zero-order valence-corrected chi connectivity index (χ0v) is 16.5. The predicted molar refractivity (Wildman–Crippen MR) is 99.2 cm³/mol. The highest BCUT2D eigenvalue weighted by molar-refractivity contribution is 5.78. The maximum absolute atomic E-state index is 12.2. The normalized spacial score (nSPS) is 17.9. The smallest absolute Gasteiger partial charge is 0.475 e. The number of nitrogens with zero attached hydrogens (tertiary/aromatic N) is 2. The summed E-state index contributed by atoms with van der Waals surface area (Å²) >= 11 is 0. The molecule has 5 nitrogen and oxygen atoms in total. The van der Waals surface area contributed by atoms with Crippen molar-refractivity contribution in [1.29, 1.82) is 0 Å². The van der Waals surface area contributed by atoms with E-state index >= 15 is 0 Å². The van der Waals surface area contributed by atoms with Gasteiger partial charge < -0.3 is 14.9 Å². The van der Waals surface area contributed by atoms with Crippen LogP contribution in [-0.2, 0) is 21.4 Å². The summed E-state index contributed by atoms with van der Waals surface area (Å²) in [4.78, 5) is 25.1. The average molecular weight is 400 g/mol. The van der Waals surface area contributed by atoms with E-state index in [-0.39, 0.29) is 5.91 Å². The number of likely N-dealkylation sites (N-methyl/N-ethyl adjacent to an activating group) is 1. The Hall–Kier alpha value is -2.09. The van der Waals surface area contributed by atoms with E-state index in [2.05, 4.69) is 30.0 Å². The Morgan fingerprint density at radius 2 is 1.75 bits per heavy atom. The lowest BCUT2D eigenvalue weighted by atomic mass is 9.73. The molecule has 1 aliphatic carbocycles. The number of hydrogen-bond donors (Lipinski definition) is 1. The van der Waals surface area contributed by atoms with E-state index in [1.165, 1.54) is 18.4 Å². The Balaban J connectivity index is 0.000000345. The van der Waals surface area contributed by atoms with Crippen LogP contribution in [0.5, 0.6) is 0 Å². The monoisotopic (exact) mass is 400 g/mol. The van der Waals surface area contributed by atoms with Gasteiger partial charge in [0.2, 0.25) is 5.91 Å². The minimum Gasteiger partial charge on any atom is -0.475 e. The van der Waals surface area contributed by atoms with Crippen molar-refractivity contribution in [1.82, 2.24) is 9.80 Å². The lowest BCUT2D eigenvalue weighted by molar-refractivity contribution is -0.192. The molecule has 1 saturated heterocycles. The predicted octanol–water partition coefficient (Wildman–Crippen LogP) is 3.00. The molecule has 156 valence electrons. The van der Waals surface area contributed by atoms with E-state index in [4.69, 9.17) is 9.90 Å². The van der Waals surface area contributed by atoms with Gasteiger partial charge in [-0.1, -0.05) is 23.8 Å². The molecule has 8 heteroatoms. The summed E-state index contributed by atoms with van der Waals surface area (Å²) in [6.07, 6.45) is -0.353. The number of carbonyl (C=O) groups excluding carboxylic acids is 1. The zero-order chi connectivity index (χ0) is 21.1. The van der Waals surface area contributed by atoms with Crippen LogP contribution in [0.1, 0.15) is 36.0 Å². The van der Waals surface area contributed by atoms with Crippen LogP contribution < -0.4 is 0 Å². The van der Waals surface area contributed by atoms with Crippen LogP contribution >= 0.6 is 0 Å². The van der Waals surface area contributed by atoms with Crippen molar-refractivity contribution in [3.63, 3.8) is 0 Å². The summed E-state index contributed by atoms with van der Waals surface area (Å²) in [5.74, 6) is -2.48. The molecule has 1 N–H and O–H groups in total. The number of aryl methyl sites for hydroxylation is 2. The molecule has 1 spiro atoms. The van der Waals surface area contributed by atoms with Crippen molar-refractivity contribution in [3.05, 3.63) is 34.9 Å². The van der Waals surface area contributed by atoms with Crippen LogP contribution in [0.3, 0.4) is 0 Å². The number of carbonyl (C=O) groups is 2. The quantitative estimate of drug-likeness (QED) is 0.829. The van der Waals surface area contributed by atoms with Gasteiger partial charge in [-0.15, -0.1) is 0 Å². The maximum Gasteiger partial charge on any atom is 0.490 e. The van der Waals surface area contributed by atoms with Crippen molar-refractivity contribution in [2.24, 2.45) is 0 Å². The van der Waals surface area contributed by atoms with E-state index in [0.717, 1.165) is 25.9 Å². The summed E-state index contributed by atoms with van der Waals surface area (Å²) in [5, 5.41) is 7.12. The Morgan fingerprint density at radius 3 is 2.25 bits per heavy atom. The molecular formula is C20H27F3N2O3. The molecule has 28 heavy (non-hydrogen) atoms. The third-order valence-corrected chi connectivity index (χ3v) is 5.47. The van der Waals surface area contributed by atoms with Gasteiger partial charge in [-0.2, -0.15) is 13.2 Å². The number of carboxylic acids is 1. The molecule has 0 saturated carbocycles. The van der Waals surface area contributed by atoms with Crippen LogP contribution in [0.25, 0.3) is 0 Å². The van der Waals surface area contributed by atoms with E-state index in [9.17, 15) is 18.0 Å². The van der Waals surface area contributed by atoms with Crippen molar-refractivity contribution >= 4 is 11.9 Å². The summed E-state index contributed by atoms with van der Waals surface area (Å²) in [7, 11) is 3.91. The first-order valence-corrected chi connectivity index (χ1v) is 9.27. The van der Waals surface area contributed by atoms with Gasteiger partial charge in [0.25, 0.3) is 0 Å². The number of benzene rings is 1. The van der Waals surface area contributed by atoms with Gasteiger partial charge in [0.15, 0.2) is 0 Å². The number of aliphatic carboxylic acids is 1. The number of halogens is 3. The molecule has 0 unspecified atom stereocenters. The lowest BCUT2D eigenvalue weighted by Crippen LogP contribution is -2.46. The number of carboxylic acid groups (broad SMARTS) is 1. The van der Waals surface area contributed by atoms with Crippen LogP contribution in [0.4, 0.5) is 13.2 Å². The van der Waals surface area contributed by atoms with Gasteiger partial charge in [-0.3, -0.25) is 4.79 Å². The van der Waals surface area contributed by atoms with Gasteiger partial charge in [0.05, 0.1) is 6.54 Å². The Labute approximate surface area is 163 Å². The number of alkyl halides is 3. The number of rotatable bonds is 2.